The molecule has 2 N–H and O–H groups in total. The second-order valence-corrected chi connectivity index (χ2v) is 10.8. The zero-order valence-electron chi connectivity index (χ0n) is 17.6. The van der Waals surface area contributed by atoms with Crippen molar-refractivity contribution in [3.8, 4) is 0 Å². The highest BCUT2D eigenvalue weighted by Gasteiger charge is 2.38. The second-order valence-electron chi connectivity index (χ2n) is 8.99. The van der Waals surface area contributed by atoms with E-state index in [2.05, 4.69) is 10.0 Å². The van der Waals surface area contributed by atoms with Gasteiger partial charge in [-0.1, -0.05) is 26.2 Å². The zero-order chi connectivity index (χ0) is 21.3. The number of carbonyl (C=O) groups is 1. The van der Waals surface area contributed by atoms with Crippen molar-refractivity contribution >= 4 is 21.7 Å². The number of hydrogen-bond acceptors (Lipinski definition) is 4. The number of amides is 2. The number of nitrogens with zero attached hydrogens (tertiary/aromatic N) is 2. The molecule has 1 saturated heterocycles. The molecular formula is C21H32N4O4S. The number of nitrogens with one attached hydrogen (secondary N) is 2. The maximum absolute atomic E-state index is 12.9. The summed E-state index contributed by atoms with van der Waals surface area (Å²) in [5.74, 6) is 0.186. The van der Waals surface area contributed by atoms with Gasteiger partial charge in [0.2, 0.25) is 10.0 Å². The van der Waals surface area contributed by atoms with E-state index in [1.807, 2.05) is 11.8 Å². The van der Waals surface area contributed by atoms with Crippen LogP contribution in [0, 0.1) is 5.92 Å². The Bertz CT molecular complexity index is 952. The third-order valence-electron chi connectivity index (χ3n) is 6.55. The van der Waals surface area contributed by atoms with E-state index in [0.29, 0.717) is 37.4 Å². The molecular weight excluding hydrogens is 404 g/mol. The van der Waals surface area contributed by atoms with Crippen LogP contribution in [0.1, 0.15) is 63.5 Å². The van der Waals surface area contributed by atoms with Gasteiger partial charge in [0, 0.05) is 37.7 Å². The Morgan fingerprint density at radius 1 is 1.13 bits per heavy atom. The number of likely N-dealkylation sites (tertiary alicyclic amines) is 1. The molecule has 1 aromatic heterocycles. The third kappa shape index (κ3) is 4.50. The lowest BCUT2D eigenvalue weighted by Crippen LogP contribution is -2.53. The molecule has 0 spiro atoms. The number of piperidine rings is 1. The summed E-state index contributed by atoms with van der Waals surface area (Å²) in [5, 5.41) is 3.19. The van der Waals surface area contributed by atoms with Crippen molar-refractivity contribution in [1.29, 1.82) is 0 Å². The largest absolute Gasteiger partial charge is 0.335 e. The Balaban J connectivity index is 1.56. The van der Waals surface area contributed by atoms with Gasteiger partial charge in [0.1, 0.15) is 0 Å². The van der Waals surface area contributed by atoms with Crippen LogP contribution in [0.5, 0.6) is 0 Å². The Morgan fingerprint density at radius 3 is 2.63 bits per heavy atom. The van der Waals surface area contributed by atoms with Gasteiger partial charge in [-0.15, -0.1) is 0 Å². The number of pyridine rings is 1. The molecule has 8 nitrogen and oxygen atoms in total. The first kappa shape index (κ1) is 21.2. The molecule has 3 aliphatic rings. The van der Waals surface area contributed by atoms with E-state index >= 15 is 0 Å². The van der Waals surface area contributed by atoms with Gasteiger partial charge in [-0.25, -0.2) is 13.2 Å². The summed E-state index contributed by atoms with van der Waals surface area (Å²) in [4.78, 5) is 27.3. The summed E-state index contributed by atoms with van der Waals surface area (Å²) in [6.45, 7) is 3.47. The first-order chi connectivity index (χ1) is 14.4. The molecule has 2 bridgehead atoms. The highest BCUT2D eigenvalue weighted by atomic mass is 32.2. The van der Waals surface area contributed by atoms with Crippen molar-refractivity contribution < 1.29 is 13.2 Å². The number of rotatable bonds is 5. The van der Waals surface area contributed by atoms with Crippen molar-refractivity contribution in [3.05, 3.63) is 28.2 Å². The maximum Gasteiger partial charge on any atom is 0.317 e. The first-order valence-electron chi connectivity index (χ1n) is 11.2. The van der Waals surface area contributed by atoms with E-state index in [1.54, 1.807) is 10.6 Å². The number of hydrogen-bond donors (Lipinski definition) is 2. The molecule has 0 aromatic carbocycles. The SMILES string of the molecule is CCCS(=O)(=O)Nc1ccc(=O)n2c1[C@H]1C[C@@H](CN(C(=O)NC3CCCCC3)C1)C2. The van der Waals surface area contributed by atoms with E-state index < -0.39 is 10.0 Å². The smallest absolute Gasteiger partial charge is 0.317 e. The van der Waals surface area contributed by atoms with Gasteiger partial charge >= 0.3 is 6.03 Å². The van der Waals surface area contributed by atoms with E-state index in [1.165, 1.54) is 12.5 Å². The van der Waals surface area contributed by atoms with Gasteiger partial charge in [-0.2, -0.15) is 0 Å². The van der Waals surface area contributed by atoms with E-state index in [-0.39, 0.29) is 35.2 Å². The quantitative estimate of drug-likeness (QED) is 0.740. The average Bonchev–Trinajstić information content (AvgIpc) is 2.70. The molecule has 30 heavy (non-hydrogen) atoms. The molecule has 1 aromatic rings. The van der Waals surface area contributed by atoms with Gasteiger partial charge in [-0.3, -0.25) is 9.52 Å². The van der Waals surface area contributed by atoms with Crippen LogP contribution in [0.25, 0.3) is 0 Å². The Morgan fingerprint density at radius 2 is 1.90 bits per heavy atom. The number of sulfonamides is 1. The zero-order valence-corrected chi connectivity index (χ0v) is 18.4. The molecule has 0 radical (unpaired) electrons. The van der Waals surface area contributed by atoms with Crippen LogP contribution in [-0.2, 0) is 16.6 Å². The van der Waals surface area contributed by atoms with Crippen molar-refractivity contribution in [1.82, 2.24) is 14.8 Å². The number of carbonyl (C=O) groups excluding carboxylic acids is 1. The highest BCUT2D eigenvalue weighted by molar-refractivity contribution is 7.92. The van der Waals surface area contributed by atoms with Gasteiger partial charge in [-0.05, 0) is 37.7 Å². The summed E-state index contributed by atoms with van der Waals surface area (Å²) >= 11 is 0. The van der Waals surface area contributed by atoms with Crippen molar-refractivity contribution in [2.75, 3.05) is 23.6 Å². The first-order valence-corrected chi connectivity index (χ1v) is 12.8. The summed E-state index contributed by atoms with van der Waals surface area (Å²) in [7, 11) is -3.47. The molecule has 2 aliphatic heterocycles. The minimum absolute atomic E-state index is 0.0311. The van der Waals surface area contributed by atoms with Gasteiger partial charge in [0.25, 0.3) is 5.56 Å². The van der Waals surface area contributed by atoms with Crippen LogP contribution < -0.4 is 15.6 Å². The predicted molar refractivity (Wildman–Crippen MR) is 116 cm³/mol. The van der Waals surface area contributed by atoms with Crippen molar-refractivity contribution in [2.24, 2.45) is 5.92 Å². The topological polar surface area (TPSA) is 101 Å². The van der Waals surface area contributed by atoms with Gasteiger partial charge < -0.3 is 14.8 Å². The molecule has 3 heterocycles. The monoisotopic (exact) mass is 436 g/mol. The van der Waals surface area contributed by atoms with Crippen LogP contribution in [0.4, 0.5) is 10.5 Å². The number of fused-ring (bicyclic) bond motifs is 4. The molecule has 2 fully saturated rings. The number of urea groups is 1. The van der Waals surface area contributed by atoms with Crippen LogP contribution in [0.15, 0.2) is 16.9 Å². The molecule has 4 rings (SSSR count). The third-order valence-corrected chi connectivity index (χ3v) is 8.02. The van der Waals surface area contributed by atoms with E-state index in [9.17, 15) is 18.0 Å². The number of anilines is 1. The lowest BCUT2D eigenvalue weighted by atomic mass is 9.82. The average molecular weight is 437 g/mol. The maximum atomic E-state index is 12.9. The fourth-order valence-corrected chi connectivity index (χ4v) is 6.41. The Labute approximate surface area is 178 Å². The summed E-state index contributed by atoms with van der Waals surface area (Å²) in [6.07, 6.45) is 7.01. The van der Waals surface area contributed by atoms with E-state index in [0.717, 1.165) is 32.1 Å². The molecule has 166 valence electrons. The standard InChI is InChI=1S/C21H32N4O4S/c1-2-10-30(28,29)23-18-8-9-19(26)25-13-15-11-16(20(18)25)14-24(12-15)21(27)22-17-6-4-3-5-7-17/h8-9,15-17,23H,2-7,10-14H2,1H3,(H,22,27)/t15-,16-/m0/s1. The van der Waals surface area contributed by atoms with Gasteiger partial charge in [0.15, 0.2) is 0 Å². The summed E-state index contributed by atoms with van der Waals surface area (Å²) in [5.41, 5.74) is 1.08. The fraction of sp³-hybridized carbons (Fsp3) is 0.714. The fourth-order valence-electron chi connectivity index (χ4n) is 5.27. The van der Waals surface area contributed by atoms with Crippen LogP contribution >= 0.6 is 0 Å². The van der Waals surface area contributed by atoms with Crippen LogP contribution in [0.2, 0.25) is 0 Å². The highest BCUT2D eigenvalue weighted by Crippen LogP contribution is 2.38. The van der Waals surface area contributed by atoms with Crippen molar-refractivity contribution in [2.45, 2.75) is 70.4 Å². The normalized spacial score (nSPS) is 24.2. The molecule has 1 saturated carbocycles. The number of aromatic nitrogens is 1. The summed E-state index contributed by atoms with van der Waals surface area (Å²) < 4.78 is 29.1. The molecule has 2 amide bonds. The lowest BCUT2D eigenvalue weighted by molar-refractivity contribution is 0.128. The van der Waals surface area contributed by atoms with Crippen molar-refractivity contribution in [3.63, 3.8) is 0 Å². The Hall–Kier alpha value is -2.03. The van der Waals surface area contributed by atoms with Crippen LogP contribution in [0.3, 0.4) is 0 Å². The van der Waals surface area contributed by atoms with Gasteiger partial charge in [0.05, 0.1) is 17.1 Å². The Kier molecular flexibility index (Phi) is 6.09. The second kappa shape index (κ2) is 8.61. The molecule has 1 aliphatic carbocycles. The minimum atomic E-state index is -3.47. The summed E-state index contributed by atoms with van der Waals surface area (Å²) in [6, 6.07) is 3.22. The predicted octanol–water partition coefficient (Wildman–Crippen LogP) is 2.46. The molecule has 9 heteroatoms. The minimum Gasteiger partial charge on any atom is -0.335 e. The molecule has 2 atom stereocenters. The van der Waals surface area contributed by atoms with Crippen LogP contribution in [-0.4, -0.2) is 48.8 Å². The van der Waals surface area contributed by atoms with E-state index in [4.69, 9.17) is 0 Å². The molecule has 0 unspecified atom stereocenters. The lowest BCUT2D eigenvalue weighted by Gasteiger charge is -2.43.